The number of nitrogen functional groups attached to an aromatic ring is 1. The van der Waals surface area contributed by atoms with E-state index in [0.29, 0.717) is 11.4 Å². The minimum absolute atomic E-state index is 0.0327. The molecule has 0 atom stereocenters. The number of anilines is 1. The van der Waals surface area contributed by atoms with Gasteiger partial charge < -0.3 is 5.73 Å². The molecule has 0 saturated heterocycles. The summed E-state index contributed by atoms with van der Waals surface area (Å²) in [5.41, 5.74) is 6.53. The van der Waals surface area contributed by atoms with E-state index in [2.05, 4.69) is 10.3 Å². The van der Waals surface area contributed by atoms with Crippen molar-refractivity contribution in [2.45, 2.75) is 19.8 Å². The molecule has 0 radical (unpaired) electrons. The predicted octanol–water partition coefficient (Wildman–Crippen LogP) is 2.53. The van der Waals surface area contributed by atoms with Gasteiger partial charge in [-0.05, 0) is 18.1 Å². The van der Waals surface area contributed by atoms with Crippen molar-refractivity contribution in [3.63, 3.8) is 0 Å². The molecule has 1 aromatic carbocycles. The lowest BCUT2D eigenvalue weighted by Crippen LogP contribution is -2.08. The number of halogens is 1. The Morgan fingerprint density at radius 2 is 2.16 bits per heavy atom. The molecule has 0 aliphatic rings. The standard InChI is InChI=1S/C11H12ClN5O2/c1-6(2)10-11(13)14-15-16(10)8-4-3-7(12)5-9(8)17(18)19/h3-6H,13H2,1-2H3. The number of aromatic nitrogens is 3. The molecule has 0 saturated carbocycles. The zero-order valence-corrected chi connectivity index (χ0v) is 11.1. The summed E-state index contributed by atoms with van der Waals surface area (Å²) in [4.78, 5) is 10.6. The summed E-state index contributed by atoms with van der Waals surface area (Å²) in [6.07, 6.45) is 0. The Bertz CT molecular complexity index is 638. The van der Waals surface area contributed by atoms with E-state index in [-0.39, 0.29) is 22.4 Å². The van der Waals surface area contributed by atoms with Crippen LogP contribution in [0, 0.1) is 10.1 Å². The van der Waals surface area contributed by atoms with Gasteiger partial charge in [0.15, 0.2) is 5.82 Å². The molecular formula is C11H12ClN5O2. The van der Waals surface area contributed by atoms with Gasteiger partial charge in [0.25, 0.3) is 5.69 Å². The van der Waals surface area contributed by atoms with Crippen molar-refractivity contribution < 1.29 is 4.92 Å². The normalized spacial score (nSPS) is 10.9. The molecule has 1 heterocycles. The summed E-state index contributed by atoms with van der Waals surface area (Å²) >= 11 is 5.78. The number of nitro groups is 1. The second kappa shape index (κ2) is 4.85. The fourth-order valence-electron chi connectivity index (χ4n) is 1.84. The summed E-state index contributed by atoms with van der Waals surface area (Å²) in [7, 11) is 0. The highest BCUT2D eigenvalue weighted by atomic mass is 35.5. The quantitative estimate of drug-likeness (QED) is 0.688. The van der Waals surface area contributed by atoms with Gasteiger partial charge in [0.1, 0.15) is 5.69 Å². The summed E-state index contributed by atoms with van der Waals surface area (Å²) in [6.45, 7) is 3.82. The molecule has 100 valence electrons. The molecule has 19 heavy (non-hydrogen) atoms. The third-order valence-electron chi connectivity index (χ3n) is 2.64. The van der Waals surface area contributed by atoms with Crippen LogP contribution in [0.5, 0.6) is 0 Å². The smallest absolute Gasteiger partial charge is 0.296 e. The van der Waals surface area contributed by atoms with Crippen molar-refractivity contribution in [3.8, 4) is 5.69 Å². The summed E-state index contributed by atoms with van der Waals surface area (Å²) in [5.74, 6) is 0.296. The highest BCUT2D eigenvalue weighted by molar-refractivity contribution is 6.30. The minimum Gasteiger partial charge on any atom is -0.381 e. The fraction of sp³-hybridized carbons (Fsp3) is 0.273. The van der Waals surface area contributed by atoms with Crippen LogP contribution in [0.2, 0.25) is 5.02 Å². The van der Waals surface area contributed by atoms with E-state index in [0.717, 1.165) is 0 Å². The summed E-state index contributed by atoms with van der Waals surface area (Å²) in [5, 5.41) is 19.0. The zero-order valence-electron chi connectivity index (χ0n) is 10.4. The summed E-state index contributed by atoms with van der Waals surface area (Å²) in [6, 6.07) is 4.37. The Balaban J connectivity index is 2.69. The van der Waals surface area contributed by atoms with Crippen LogP contribution in [0.4, 0.5) is 11.5 Å². The van der Waals surface area contributed by atoms with Crippen LogP contribution in [0.15, 0.2) is 18.2 Å². The number of hydrogen-bond donors (Lipinski definition) is 1. The monoisotopic (exact) mass is 281 g/mol. The van der Waals surface area contributed by atoms with Crippen LogP contribution in [0.3, 0.4) is 0 Å². The Labute approximate surface area is 114 Å². The molecule has 1 aromatic heterocycles. The predicted molar refractivity (Wildman–Crippen MR) is 71.5 cm³/mol. The van der Waals surface area contributed by atoms with E-state index in [9.17, 15) is 10.1 Å². The molecule has 2 rings (SSSR count). The summed E-state index contributed by atoms with van der Waals surface area (Å²) < 4.78 is 1.38. The molecule has 0 aliphatic carbocycles. The molecular weight excluding hydrogens is 270 g/mol. The van der Waals surface area contributed by atoms with Crippen LogP contribution in [0.25, 0.3) is 5.69 Å². The van der Waals surface area contributed by atoms with Gasteiger partial charge in [0.05, 0.1) is 10.6 Å². The van der Waals surface area contributed by atoms with Gasteiger partial charge in [-0.25, -0.2) is 4.68 Å². The van der Waals surface area contributed by atoms with E-state index >= 15 is 0 Å². The van der Waals surface area contributed by atoms with Crippen molar-refractivity contribution in [2.75, 3.05) is 5.73 Å². The Hall–Kier alpha value is -2.15. The first-order valence-corrected chi connectivity index (χ1v) is 5.95. The first-order valence-electron chi connectivity index (χ1n) is 5.57. The fourth-order valence-corrected chi connectivity index (χ4v) is 2.01. The lowest BCUT2D eigenvalue weighted by molar-refractivity contribution is -0.384. The van der Waals surface area contributed by atoms with Gasteiger partial charge in [-0.15, -0.1) is 5.10 Å². The Morgan fingerprint density at radius 3 is 2.74 bits per heavy atom. The Morgan fingerprint density at radius 1 is 1.47 bits per heavy atom. The van der Waals surface area contributed by atoms with Gasteiger partial charge in [0, 0.05) is 11.1 Å². The van der Waals surface area contributed by atoms with Crippen LogP contribution >= 0.6 is 11.6 Å². The van der Waals surface area contributed by atoms with Crippen molar-refractivity contribution in [2.24, 2.45) is 0 Å². The highest BCUT2D eigenvalue weighted by Gasteiger charge is 2.22. The molecule has 0 aliphatic heterocycles. The van der Waals surface area contributed by atoms with Gasteiger partial charge in [-0.1, -0.05) is 30.7 Å². The second-order valence-corrected chi connectivity index (χ2v) is 4.75. The van der Waals surface area contributed by atoms with Crippen molar-refractivity contribution in [1.82, 2.24) is 15.0 Å². The molecule has 2 aromatic rings. The lowest BCUT2D eigenvalue weighted by Gasteiger charge is -2.10. The first kappa shape index (κ1) is 13.3. The minimum atomic E-state index is -0.511. The average Bonchev–Trinajstić information content (AvgIpc) is 2.70. The maximum atomic E-state index is 11.1. The average molecular weight is 282 g/mol. The number of nitro benzene ring substituents is 1. The third kappa shape index (κ3) is 2.37. The third-order valence-corrected chi connectivity index (χ3v) is 2.88. The number of benzene rings is 1. The van der Waals surface area contributed by atoms with Crippen molar-refractivity contribution in [1.29, 1.82) is 0 Å². The molecule has 0 spiro atoms. The largest absolute Gasteiger partial charge is 0.381 e. The van der Waals surface area contributed by atoms with Gasteiger partial charge in [-0.2, -0.15) is 0 Å². The molecule has 0 unspecified atom stereocenters. The van der Waals surface area contributed by atoms with E-state index in [1.807, 2.05) is 13.8 Å². The van der Waals surface area contributed by atoms with Crippen molar-refractivity contribution in [3.05, 3.63) is 39.0 Å². The molecule has 2 N–H and O–H groups in total. The zero-order chi connectivity index (χ0) is 14.2. The van der Waals surface area contributed by atoms with Crippen molar-refractivity contribution >= 4 is 23.1 Å². The van der Waals surface area contributed by atoms with Crippen LogP contribution in [0.1, 0.15) is 25.5 Å². The van der Waals surface area contributed by atoms with E-state index in [4.69, 9.17) is 17.3 Å². The van der Waals surface area contributed by atoms with E-state index in [1.165, 1.54) is 16.8 Å². The number of nitrogens with two attached hydrogens (primary N) is 1. The molecule has 0 fully saturated rings. The highest BCUT2D eigenvalue weighted by Crippen LogP contribution is 2.30. The maximum absolute atomic E-state index is 11.1. The Kier molecular flexibility index (Phi) is 3.39. The molecule has 0 bridgehead atoms. The van der Waals surface area contributed by atoms with Crippen LogP contribution in [-0.2, 0) is 0 Å². The number of hydrogen-bond acceptors (Lipinski definition) is 5. The topological polar surface area (TPSA) is 99.9 Å². The van der Waals surface area contributed by atoms with Crippen LogP contribution < -0.4 is 5.73 Å². The number of rotatable bonds is 3. The van der Waals surface area contributed by atoms with Gasteiger partial charge >= 0.3 is 0 Å². The molecule has 7 nitrogen and oxygen atoms in total. The second-order valence-electron chi connectivity index (χ2n) is 4.32. The van der Waals surface area contributed by atoms with E-state index in [1.54, 1.807) is 6.07 Å². The number of nitrogens with zero attached hydrogens (tertiary/aromatic N) is 4. The maximum Gasteiger partial charge on any atom is 0.296 e. The molecule has 8 heteroatoms. The van der Waals surface area contributed by atoms with Gasteiger partial charge in [-0.3, -0.25) is 10.1 Å². The van der Waals surface area contributed by atoms with Crippen LogP contribution in [-0.4, -0.2) is 19.9 Å². The van der Waals surface area contributed by atoms with E-state index < -0.39 is 4.92 Å². The SMILES string of the molecule is CC(C)c1c(N)nnn1-c1ccc(Cl)cc1[N+](=O)[O-]. The lowest BCUT2D eigenvalue weighted by atomic mass is 10.1. The molecule has 0 amide bonds. The van der Waals surface area contributed by atoms with Gasteiger partial charge in [0.2, 0.25) is 0 Å². The first-order chi connectivity index (χ1) is 8.91.